The van der Waals surface area contributed by atoms with Crippen LogP contribution in [0.15, 0.2) is 5.38 Å². The number of esters is 1. The van der Waals surface area contributed by atoms with Gasteiger partial charge in [0.25, 0.3) is 5.91 Å². The molecule has 0 aliphatic carbocycles. The summed E-state index contributed by atoms with van der Waals surface area (Å²) < 4.78 is 9.99. The van der Waals surface area contributed by atoms with Crippen LogP contribution in [0.2, 0.25) is 0 Å². The predicted molar refractivity (Wildman–Crippen MR) is 68.0 cm³/mol. The van der Waals surface area contributed by atoms with Crippen molar-refractivity contribution in [1.29, 1.82) is 0 Å². The van der Waals surface area contributed by atoms with E-state index in [1.807, 2.05) is 12.3 Å². The monoisotopic (exact) mass is 269 g/mol. The molecule has 18 heavy (non-hydrogen) atoms. The Balaban J connectivity index is 2.15. The van der Waals surface area contributed by atoms with E-state index >= 15 is 0 Å². The van der Waals surface area contributed by atoms with Gasteiger partial charge in [0.2, 0.25) is 0 Å². The van der Waals surface area contributed by atoms with E-state index in [1.54, 1.807) is 0 Å². The maximum atomic E-state index is 11.9. The van der Waals surface area contributed by atoms with Crippen molar-refractivity contribution in [2.75, 3.05) is 19.0 Å². The molecule has 1 aromatic heterocycles. The van der Waals surface area contributed by atoms with Crippen molar-refractivity contribution < 1.29 is 19.1 Å². The van der Waals surface area contributed by atoms with Gasteiger partial charge in [0.15, 0.2) is 0 Å². The first-order valence-electron chi connectivity index (χ1n) is 5.72. The average molecular weight is 269 g/mol. The van der Waals surface area contributed by atoms with Crippen molar-refractivity contribution in [3.8, 4) is 0 Å². The van der Waals surface area contributed by atoms with E-state index in [4.69, 9.17) is 4.74 Å². The first-order valence-corrected chi connectivity index (χ1v) is 6.60. The van der Waals surface area contributed by atoms with Crippen LogP contribution in [-0.2, 0) is 14.3 Å². The van der Waals surface area contributed by atoms with Crippen LogP contribution in [0.1, 0.15) is 28.1 Å². The van der Waals surface area contributed by atoms with Crippen molar-refractivity contribution in [2.24, 2.45) is 0 Å². The number of anilines is 1. The Morgan fingerprint density at radius 3 is 2.94 bits per heavy atom. The lowest BCUT2D eigenvalue weighted by Gasteiger charge is -2.11. The Bertz CT molecular complexity index is 463. The molecule has 0 saturated carbocycles. The summed E-state index contributed by atoms with van der Waals surface area (Å²) in [5, 5.41) is 4.58. The molecule has 0 aromatic carbocycles. The number of aryl methyl sites for hydroxylation is 1. The van der Waals surface area contributed by atoms with E-state index < -0.39 is 12.1 Å². The van der Waals surface area contributed by atoms with Crippen LogP contribution >= 0.6 is 11.3 Å². The standard InChI is InChI=1S/C12H15NO4S/c1-7-6-18-10(12(15)16-2)9(7)13-11(14)8-4-3-5-17-8/h6,8H,3-5H2,1-2H3,(H,13,14). The lowest BCUT2D eigenvalue weighted by molar-refractivity contribution is -0.124. The third-order valence-electron chi connectivity index (χ3n) is 2.82. The third-order valence-corrected chi connectivity index (χ3v) is 3.89. The van der Waals surface area contributed by atoms with Crippen molar-refractivity contribution in [3.63, 3.8) is 0 Å². The number of nitrogens with one attached hydrogen (secondary N) is 1. The Hall–Kier alpha value is -1.40. The van der Waals surface area contributed by atoms with Crippen molar-refractivity contribution >= 4 is 28.9 Å². The summed E-state index contributed by atoms with van der Waals surface area (Å²) in [5.74, 6) is -0.630. The van der Waals surface area contributed by atoms with Crippen LogP contribution in [0.3, 0.4) is 0 Å². The lowest BCUT2D eigenvalue weighted by atomic mass is 10.2. The highest BCUT2D eigenvalue weighted by molar-refractivity contribution is 7.12. The molecular formula is C12H15NO4S. The molecule has 1 aliphatic heterocycles. The normalized spacial score (nSPS) is 18.7. The molecule has 98 valence electrons. The van der Waals surface area contributed by atoms with Gasteiger partial charge in [-0.2, -0.15) is 0 Å². The van der Waals surface area contributed by atoms with Gasteiger partial charge < -0.3 is 14.8 Å². The fourth-order valence-corrected chi connectivity index (χ4v) is 2.75. The van der Waals surface area contributed by atoms with Crippen molar-refractivity contribution in [1.82, 2.24) is 0 Å². The number of thiophene rings is 1. The minimum atomic E-state index is -0.434. The molecule has 1 unspecified atom stereocenters. The molecule has 6 heteroatoms. The van der Waals surface area contributed by atoms with E-state index in [9.17, 15) is 9.59 Å². The molecule has 1 saturated heterocycles. The molecule has 0 radical (unpaired) electrons. The second kappa shape index (κ2) is 5.49. The van der Waals surface area contributed by atoms with E-state index in [-0.39, 0.29) is 5.91 Å². The third kappa shape index (κ3) is 2.54. The summed E-state index contributed by atoms with van der Waals surface area (Å²) in [6.07, 6.45) is 1.21. The second-order valence-electron chi connectivity index (χ2n) is 4.11. The molecule has 1 fully saturated rings. The van der Waals surface area contributed by atoms with Gasteiger partial charge in [-0.25, -0.2) is 4.79 Å². The Labute approximate surface area is 109 Å². The lowest BCUT2D eigenvalue weighted by Crippen LogP contribution is -2.27. The molecule has 1 N–H and O–H groups in total. The van der Waals surface area contributed by atoms with E-state index in [0.29, 0.717) is 17.2 Å². The maximum Gasteiger partial charge on any atom is 0.350 e. The van der Waals surface area contributed by atoms with Gasteiger partial charge >= 0.3 is 5.97 Å². The van der Waals surface area contributed by atoms with Gasteiger partial charge in [0.05, 0.1) is 12.8 Å². The number of amides is 1. The predicted octanol–water partition coefficient (Wildman–Crippen LogP) is 1.96. The smallest absolute Gasteiger partial charge is 0.350 e. The number of carbonyl (C=O) groups excluding carboxylic acids is 2. The average Bonchev–Trinajstić information content (AvgIpc) is 2.99. The maximum absolute atomic E-state index is 11.9. The summed E-state index contributed by atoms with van der Waals surface area (Å²) in [6.45, 7) is 2.46. The van der Waals surface area contributed by atoms with Crippen LogP contribution in [-0.4, -0.2) is 31.7 Å². The van der Waals surface area contributed by atoms with Crippen LogP contribution in [0.25, 0.3) is 0 Å². The molecule has 1 atom stereocenters. The topological polar surface area (TPSA) is 64.6 Å². The minimum Gasteiger partial charge on any atom is -0.465 e. The van der Waals surface area contributed by atoms with Gasteiger partial charge in [0, 0.05) is 6.61 Å². The summed E-state index contributed by atoms with van der Waals surface area (Å²) in [5.41, 5.74) is 1.39. The number of ether oxygens (including phenoxy) is 2. The van der Waals surface area contributed by atoms with Gasteiger partial charge in [-0.05, 0) is 30.7 Å². The second-order valence-corrected chi connectivity index (χ2v) is 4.98. The molecule has 1 aliphatic rings. The fourth-order valence-electron chi connectivity index (χ4n) is 1.83. The van der Waals surface area contributed by atoms with Crippen LogP contribution < -0.4 is 5.32 Å². The van der Waals surface area contributed by atoms with Gasteiger partial charge in [-0.3, -0.25) is 4.79 Å². The quantitative estimate of drug-likeness (QED) is 0.852. The van der Waals surface area contributed by atoms with Crippen LogP contribution in [0.5, 0.6) is 0 Å². The zero-order chi connectivity index (χ0) is 13.1. The molecule has 5 nitrogen and oxygen atoms in total. The summed E-state index contributed by atoms with van der Waals surface area (Å²) in [7, 11) is 1.32. The SMILES string of the molecule is COC(=O)c1scc(C)c1NC(=O)C1CCCO1. The first-order chi connectivity index (χ1) is 8.63. The van der Waals surface area contributed by atoms with Gasteiger partial charge in [0.1, 0.15) is 11.0 Å². The zero-order valence-corrected chi connectivity index (χ0v) is 11.1. The van der Waals surface area contributed by atoms with E-state index in [2.05, 4.69) is 10.1 Å². The van der Waals surface area contributed by atoms with E-state index in [0.717, 1.165) is 18.4 Å². The largest absolute Gasteiger partial charge is 0.465 e. The van der Waals surface area contributed by atoms with Crippen LogP contribution in [0, 0.1) is 6.92 Å². The number of hydrogen-bond acceptors (Lipinski definition) is 5. The Morgan fingerprint density at radius 2 is 2.33 bits per heavy atom. The molecule has 0 spiro atoms. The molecule has 0 bridgehead atoms. The van der Waals surface area contributed by atoms with Gasteiger partial charge in [-0.1, -0.05) is 0 Å². The number of rotatable bonds is 3. The molecule has 2 heterocycles. The molecular weight excluding hydrogens is 254 g/mol. The van der Waals surface area contributed by atoms with Gasteiger partial charge in [-0.15, -0.1) is 11.3 Å². The summed E-state index contributed by atoms with van der Waals surface area (Å²) in [4.78, 5) is 23.9. The Morgan fingerprint density at radius 1 is 1.56 bits per heavy atom. The number of methoxy groups -OCH3 is 1. The zero-order valence-electron chi connectivity index (χ0n) is 10.3. The fraction of sp³-hybridized carbons (Fsp3) is 0.500. The first kappa shape index (κ1) is 13.0. The number of carbonyl (C=O) groups is 2. The number of hydrogen-bond donors (Lipinski definition) is 1. The minimum absolute atomic E-state index is 0.195. The van der Waals surface area contributed by atoms with E-state index in [1.165, 1.54) is 18.4 Å². The summed E-state index contributed by atoms with van der Waals surface area (Å²) >= 11 is 1.26. The molecule has 1 amide bonds. The summed E-state index contributed by atoms with van der Waals surface area (Å²) in [6, 6.07) is 0. The molecule has 1 aromatic rings. The van der Waals surface area contributed by atoms with Crippen LogP contribution in [0.4, 0.5) is 5.69 Å². The van der Waals surface area contributed by atoms with Crippen molar-refractivity contribution in [3.05, 3.63) is 15.8 Å². The highest BCUT2D eigenvalue weighted by Gasteiger charge is 2.26. The Kier molecular flexibility index (Phi) is 3.98. The highest BCUT2D eigenvalue weighted by atomic mass is 32.1. The van der Waals surface area contributed by atoms with Crippen molar-refractivity contribution in [2.45, 2.75) is 25.9 Å². The molecule has 2 rings (SSSR count). The highest BCUT2D eigenvalue weighted by Crippen LogP contribution is 2.29.